The Hall–Kier alpha value is -1.42. The third-order valence-electron chi connectivity index (χ3n) is 2.33. The lowest BCUT2D eigenvalue weighted by Crippen LogP contribution is -2.07. The Labute approximate surface area is 105 Å². The third kappa shape index (κ3) is 3.03. The number of pyridine rings is 1. The second-order valence-corrected chi connectivity index (χ2v) is 3.95. The Kier molecular flexibility index (Phi) is 4.63. The Balaban J connectivity index is 3.35. The first-order valence-electron chi connectivity index (χ1n) is 5.29. The largest absolute Gasteiger partial charge is 0.393 e. The maximum atomic E-state index is 13.9. The van der Waals surface area contributed by atoms with Gasteiger partial charge < -0.3 is 10.7 Å². The van der Waals surface area contributed by atoms with E-state index in [4.69, 9.17) is 17.0 Å². The van der Waals surface area contributed by atoms with Crippen LogP contribution in [0.4, 0.5) is 4.39 Å². The van der Waals surface area contributed by atoms with Crippen molar-refractivity contribution >= 4 is 22.9 Å². The SMILES string of the molecule is CCc1cc(F)c(/C(=C/NC)C(C)=N)nc1Cl. The molecule has 1 rings (SSSR count). The number of rotatable bonds is 4. The summed E-state index contributed by atoms with van der Waals surface area (Å²) in [6.45, 7) is 3.46. The van der Waals surface area contributed by atoms with Crippen molar-refractivity contribution < 1.29 is 4.39 Å². The van der Waals surface area contributed by atoms with Crippen LogP contribution in [-0.4, -0.2) is 17.7 Å². The minimum atomic E-state index is -0.459. The summed E-state index contributed by atoms with van der Waals surface area (Å²) >= 11 is 5.95. The van der Waals surface area contributed by atoms with Crippen LogP contribution in [0.3, 0.4) is 0 Å². The quantitative estimate of drug-likeness (QED) is 0.642. The van der Waals surface area contributed by atoms with Gasteiger partial charge in [-0.1, -0.05) is 18.5 Å². The molecule has 0 saturated carbocycles. The van der Waals surface area contributed by atoms with E-state index in [1.54, 1.807) is 14.0 Å². The molecule has 0 aromatic carbocycles. The van der Waals surface area contributed by atoms with Crippen LogP contribution in [0.2, 0.25) is 5.15 Å². The van der Waals surface area contributed by atoms with Gasteiger partial charge in [0.05, 0.1) is 0 Å². The van der Waals surface area contributed by atoms with Gasteiger partial charge in [0.25, 0.3) is 0 Å². The fraction of sp³-hybridized carbons (Fsp3) is 0.333. The van der Waals surface area contributed by atoms with Crippen molar-refractivity contribution in [3.05, 3.63) is 34.5 Å². The molecule has 3 nitrogen and oxygen atoms in total. The lowest BCUT2D eigenvalue weighted by molar-refractivity contribution is 0.614. The van der Waals surface area contributed by atoms with E-state index in [-0.39, 0.29) is 16.6 Å². The molecule has 92 valence electrons. The maximum absolute atomic E-state index is 13.9. The first kappa shape index (κ1) is 13.6. The van der Waals surface area contributed by atoms with Crippen molar-refractivity contribution in [3.63, 3.8) is 0 Å². The summed E-state index contributed by atoms with van der Waals surface area (Å²) in [7, 11) is 1.68. The highest BCUT2D eigenvalue weighted by atomic mass is 35.5. The van der Waals surface area contributed by atoms with Gasteiger partial charge in [-0.15, -0.1) is 0 Å². The van der Waals surface area contributed by atoms with E-state index in [9.17, 15) is 4.39 Å². The molecule has 0 unspecified atom stereocenters. The van der Waals surface area contributed by atoms with Crippen molar-refractivity contribution in [1.29, 1.82) is 5.41 Å². The monoisotopic (exact) mass is 255 g/mol. The van der Waals surface area contributed by atoms with Gasteiger partial charge >= 0.3 is 0 Å². The topological polar surface area (TPSA) is 48.8 Å². The molecule has 0 atom stereocenters. The summed E-state index contributed by atoms with van der Waals surface area (Å²) in [4.78, 5) is 4.03. The first-order valence-corrected chi connectivity index (χ1v) is 5.67. The Morgan fingerprint density at radius 3 is 2.76 bits per heavy atom. The second-order valence-electron chi connectivity index (χ2n) is 3.59. The zero-order chi connectivity index (χ0) is 13.0. The Morgan fingerprint density at radius 1 is 1.65 bits per heavy atom. The number of halogens is 2. The molecule has 1 heterocycles. The van der Waals surface area contributed by atoms with Crippen molar-refractivity contribution in [1.82, 2.24) is 10.3 Å². The molecule has 0 bridgehead atoms. The summed E-state index contributed by atoms with van der Waals surface area (Å²) in [6, 6.07) is 1.37. The summed E-state index contributed by atoms with van der Waals surface area (Å²) in [5, 5.41) is 10.7. The molecule has 0 amide bonds. The van der Waals surface area contributed by atoms with E-state index < -0.39 is 5.82 Å². The lowest BCUT2D eigenvalue weighted by atomic mass is 10.1. The minimum absolute atomic E-state index is 0.106. The van der Waals surface area contributed by atoms with Crippen LogP contribution in [0, 0.1) is 11.2 Å². The zero-order valence-electron chi connectivity index (χ0n) is 10.1. The second kappa shape index (κ2) is 5.77. The highest BCUT2D eigenvalue weighted by molar-refractivity contribution is 6.30. The van der Waals surface area contributed by atoms with Gasteiger partial charge in [0.1, 0.15) is 16.7 Å². The minimum Gasteiger partial charge on any atom is -0.393 e. The third-order valence-corrected chi connectivity index (χ3v) is 2.66. The van der Waals surface area contributed by atoms with E-state index in [0.29, 0.717) is 17.6 Å². The van der Waals surface area contributed by atoms with Crippen LogP contribution in [0.25, 0.3) is 5.57 Å². The number of nitrogens with zero attached hydrogens (tertiary/aromatic N) is 1. The summed E-state index contributed by atoms with van der Waals surface area (Å²) < 4.78 is 13.9. The van der Waals surface area contributed by atoms with Gasteiger partial charge in [0.2, 0.25) is 0 Å². The molecular weight excluding hydrogens is 241 g/mol. The van der Waals surface area contributed by atoms with Crippen molar-refractivity contribution in [2.45, 2.75) is 20.3 Å². The molecule has 0 aliphatic rings. The van der Waals surface area contributed by atoms with Crippen molar-refractivity contribution in [2.24, 2.45) is 0 Å². The predicted octanol–water partition coefficient (Wildman–Crippen LogP) is 3.04. The number of nitrogens with one attached hydrogen (secondary N) is 2. The Bertz CT molecular complexity index is 469. The molecule has 0 aliphatic carbocycles. The van der Waals surface area contributed by atoms with Crippen LogP contribution >= 0.6 is 11.6 Å². The molecule has 1 aromatic heterocycles. The number of allylic oxidation sites excluding steroid dienone is 1. The van der Waals surface area contributed by atoms with Crippen molar-refractivity contribution in [2.75, 3.05) is 7.05 Å². The molecule has 0 fully saturated rings. The summed E-state index contributed by atoms with van der Waals surface area (Å²) in [6.07, 6.45) is 2.16. The first-order chi connectivity index (χ1) is 8.01. The average Bonchev–Trinajstić information content (AvgIpc) is 2.28. The smallest absolute Gasteiger partial charge is 0.149 e. The molecule has 1 aromatic rings. The van der Waals surface area contributed by atoms with Crippen molar-refractivity contribution in [3.8, 4) is 0 Å². The van der Waals surface area contributed by atoms with E-state index in [0.717, 1.165) is 0 Å². The fourth-order valence-corrected chi connectivity index (χ4v) is 1.71. The number of aryl methyl sites for hydroxylation is 1. The average molecular weight is 256 g/mol. The standard InChI is InChI=1S/C12H15ClFN3/c1-4-8-5-10(14)11(17-12(8)13)9(6-16-3)7(2)15/h5-6,15-16H,4H2,1-3H3/b9-6+,15-7?. The molecule has 0 radical (unpaired) electrons. The zero-order valence-corrected chi connectivity index (χ0v) is 10.8. The highest BCUT2D eigenvalue weighted by Gasteiger charge is 2.14. The molecule has 0 aliphatic heterocycles. The van der Waals surface area contributed by atoms with Crippen LogP contribution < -0.4 is 5.32 Å². The van der Waals surface area contributed by atoms with E-state index in [1.807, 2.05) is 6.92 Å². The van der Waals surface area contributed by atoms with Gasteiger partial charge in [0.15, 0.2) is 0 Å². The maximum Gasteiger partial charge on any atom is 0.149 e. The van der Waals surface area contributed by atoms with E-state index in [2.05, 4.69) is 10.3 Å². The molecular formula is C12H15ClFN3. The van der Waals surface area contributed by atoms with Gasteiger partial charge in [0, 0.05) is 24.5 Å². The van der Waals surface area contributed by atoms with E-state index >= 15 is 0 Å². The summed E-state index contributed by atoms with van der Waals surface area (Å²) in [5.41, 5.74) is 1.40. The molecule has 2 N–H and O–H groups in total. The molecule has 5 heteroatoms. The van der Waals surface area contributed by atoms with Gasteiger partial charge in [-0.05, 0) is 25.0 Å². The van der Waals surface area contributed by atoms with Gasteiger partial charge in [-0.3, -0.25) is 0 Å². The normalized spacial score (nSPS) is 11.5. The lowest BCUT2D eigenvalue weighted by Gasteiger charge is -2.09. The molecule has 0 spiro atoms. The van der Waals surface area contributed by atoms with Crippen LogP contribution in [-0.2, 0) is 6.42 Å². The number of aromatic nitrogens is 1. The predicted molar refractivity (Wildman–Crippen MR) is 69.0 cm³/mol. The number of hydrogen-bond acceptors (Lipinski definition) is 3. The van der Waals surface area contributed by atoms with Crippen LogP contribution in [0.1, 0.15) is 25.1 Å². The highest BCUT2D eigenvalue weighted by Crippen LogP contribution is 2.23. The fourth-order valence-electron chi connectivity index (χ4n) is 1.44. The summed E-state index contributed by atoms with van der Waals surface area (Å²) in [5.74, 6) is -0.459. The van der Waals surface area contributed by atoms with Crippen LogP contribution in [0.15, 0.2) is 12.3 Å². The Morgan fingerprint density at radius 2 is 2.29 bits per heavy atom. The van der Waals surface area contributed by atoms with E-state index in [1.165, 1.54) is 12.3 Å². The molecule has 0 saturated heterocycles. The van der Waals surface area contributed by atoms with Crippen LogP contribution in [0.5, 0.6) is 0 Å². The van der Waals surface area contributed by atoms with Gasteiger partial charge in [-0.2, -0.15) is 0 Å². The van der Waals surface area contributed by atoms with Gasteiger partial charge in [-0.25, -0.2) is 9.37 Å². The molecule has 17 heavy (non-hydrogen) atoms. The number of hydrogen-bond donors (Lipinski definition) is 2.